The molecule has 4 N–H and O–H groups in total. The molecule has 0 radical (unpaired) electrons. The summed E-state index contributed by atoms with van der Waals surface area (Å²) in [5, 5.41) is 28.1. The van der Waals surface area contributed by atoms with Crippen molar-refractivity contribution in [2.75, 3.05) is 0 Å². The van der Waals surface area contributed by atoms with Crippen molar-refractivity contribution in [2.24, 2.45) is 5.92 Å². The van der Waals surface area contributed by atoms with Gasteiger partial charge in [0.15, 0.2) is 0 Å². The summed E-state index contributed by atoms with van der Waals surface area (Å²) in [4.78, 5) is 26.4. The number of hydrogen-bond donors (Lipinski definition) is 4. The highest BCUT2D eigenvalue weighted by Gasteiger charge is 2.35. The van der Waals surface area contributed by atoms with Gasteiger partial charge in [-0.25, -0.2) is 4.79 Å². The molecule has 0 aromatic heterocycles. The molecule has 40 heavy (non-hydrogen) atoms. The third-order valence-electron chi connectivity index (χ3n) is 7.19. The van der Waals surface area contributed by atoms with Gasteiger partial charge in [0.2, 0.25) is 5.91 Å². The number of benzene rings is 3. The van der Waals surface area contributed by atoms with Gasteiger partial charge >= 0.3 is 6.09 Å². The van der Waals surface area contributed by atoms with Gasteiger partial charge in [-0.1, -0.05) is 84.9 Å². The minimum atomic E-state index is -1.03. The highest BCUT2D eigenvalue weighted by Crippen LogP contribution is 2.32. The molecule has 0 bridgehead atoms. The molecule has 0 heterocycles. The Morgan fingerprint density at radius 3 is 2.10 bits per heavy atom. The highest BCUT2D eigenvalue weighted by atomic mass is 16.6. The predicted molar refractivity (Wildman–Crippen MR) is 155 cm³/mol. The lowest BCUT2D eigenvalue weighted by molar-refractivity contribution is -0.127. The van der Waals surface area contributed by atoms with E-state index in [1.54, 1.807) is 20.8 Å². The van der Waals surface area contributed by atoms with Gasteiger partial charge in [-0.3, -0.25) is 4.79 Å². The fraction of sp³-hybridized carbons (Fsp3) is 0.394. The SMILES string of the molecule is CC(C)(C)OC(=O)NC(Cc1ccccc1)C(O)CC(Cc1ccccc1)C(=O)N[C@H]1c2ccccc2C[C@H]1O. The van der Waals surface area contributed by atoms with Crippen LogP contribution in [0, 0.1) is 5.92 Å². The van der Waals surface area contributed by atoms with Crippen LogP contribution in [-0.4, -0.2) is 46.1 Å². The number of nitrogens with one attached hydrogen (secondary N) is 2. The Kier molecular flexibility index (Phi) is 9.61. The van der Waals surface area contributed by atoms with Crippen molar-refractivity contribution >= 4 is 12.0 Å². The van der Waals surface area contributed by atoms with E-state index in [9.17, 15) is 19.8 Å². The van der Waals surface area contributed by atoms with Gasteiger partial charge in [0, 0.05) is 12.3 Å². The van der Waals surface area contributed by atoms with E-state index in [2.05, 4.69) is 10.6 Å². The van der Waals surface area contributed by atoms with Crippen LogP contribution >= 0.6 is 0 Å². The molecular weight excluding hydrogens is 504 g/mol. The summed E-state index contributed by atoms with van der Waals surface area (Å²) in [6.07, 6.45) is -1.02. The van der Waals surface area contributed by atoms with Gasteiger partial charge in [0.25, 0.3) is 0 Å². The van der Waals surface area contributed by atoms with Crippen LogP contribution < -0.4 is 10.6 Å². The van der Waals surface area contributed by atoms with E-state index in [4.69, 9.17) is 4.74 Å². The van der Waals surface area contributed by atoms with E-state index >= 15 is 0 Å². The Labute approximate surface area is 236 Å². The van der Waals surface area contributed by atoms with Crippen molar-refractivity contribution in [3.63, 3.8) is 0 Å². The highest BCUT2D eigenvalue weighted by molar-refractivity contribution is 5.80. The normalized spacial score (nSPS) is 18.7. The molecule has 7 heteroatoms. The third-order valence-corrected chi connectivity index (χ3v) is 7.19. The number of amides is 2. The maximum Gasteiger partial charge on any atom is 0.407 e. The number of aliphatic hydroxyl groups excluding tert-OH is 2. The van der Waals surface area contributed by atoms with Gasteiger partial charge in [-0.05, 0) is 62.3 Å². The molecule has 1 aliphatic rings. The van der Waals surface area contributed by atoms with Crippen LogP contribution in [0.4, 0.5) is 4.79 Å². The number of ether oxygens (including phenoxy) is 1. The average Bonchev–Trinajstić information content (AvgIpc) is 3.22. The Balaban J connectivity index is 1.54. The van der Waals surface area contributed by atoms with Gasteiger partial charge in [0.1, 0.15) is 5.60 Å². The Morgan fingerprint density at radius 2 is 1.48 bits per heavy atom. The number of aliphatic hydroxyl groups is 2. The number of carbonyl (C=O) groups excluding carboxylic acids is 2. The van der Waals surface area contributed by atoms with Crippen LogP contribution in [0.25, 0.3) is 0 Å². The largest absolute Gasteiger partial charge is 0.444 e. The number of hydrogen-bond acceptors (Lipinski definition) is 5. The molecule has 3 aromatic rings. The standard InChI is InChI=1S/C33H40N2O5/c1-33(2,3)40-32(39)34-27(19-23-14-8-5-9-15-23)28(36)21-25(18-22-12-6-4-7-13-22)31(38)35-30-26-17-11-10-16-24(26)20-29(30)37/h4-17,25,27-30,36-37H,18-21H2,1-3H3,(H,34,39)(H,35,38)/t25?,27?,28?,29-,30+/m1/s1. The summed E-state index contributed by atoms with van der Waals surface area (Å²) in [5.74, 6) is -0.851. The van der Waals surface area contributed by atoms with E-state index in [0.29, 0.717) is 19.3 Å². The number of carbonyl (C=O) groups is 2. The van der Waals surface area contributed by atoms with Crippen LogP contribution in [-0.2, 0) is 28.8 Å². The van der Waals surface area contributed by atoms with E-state index in [1.165, 1.54) is 0 Å². The summed E-state index contributed by atoms with van der Waals surface area (Å²) < 4.78 is 5.47. The van der Waals surface area contributed by atoms with Crippen molar-refractivity contribution in [2.45, 2.75) is 76.3 Å². The Bertz CT molecular complexity index is 1260. The topological polar surface area (TPSA) is 108 Å². The molecular formula is C33H40N2O5. The molecule has 3 aromatic carbocycles. The maximum atomic E-state index is 13.7. The van der Waals surface area contributed by atoms with E-state index in [-0.39, 0.29) is 12.3 Å². The monoisotopic (exact) mass is 544 g/mol. The first-order valence-corrected chi connectivity index (χ1v) is 13.9. The molecule has 212 valence electrons. The van der Waals surface area contributed by atoms with Crippen molar-refractivity contribution in [1.29, 1.82) is 0 Å². The summed E-state index contributed by atoms with van der Waals surface area (Å²) in [6.45, 7) is 5.35. The van der Waals surface area contributed by atoms with Gasteiger partial charge in [-0.2, -0.15) is 0 Å². The minimum absolute atomic E-state index is 0.110. The molecule has 7 nitrogen and oxygen atoms in total. The Morgan fingerprint density at radius 1 is 0.900 bits per heavy atom. The van der Waals surface area contributed by atoms with Crippen molar-refractivity contribution in [1.82, 2.24) is 10.6 Å². The first kappa shape index (κ1) is 29.3. The second-order valence-electron chi connectivity index (χ2n) is 11.6. The van der Waals surface area contributed by atoms with E-state index in [1.807, 2.05) is 84.9 Å². The molecule has 5 atom stereocenters. The van der Waals surface area contributed by atoms with E-state index in [0.717, 1.165) is 22.3 Å². The van der Waals surface area contributed by atoms with Gasteiger partial charge in [0.05, 0.1) is 24.3 Å². The lowest BCUT2D eigenvalue weighted by Crippen LogP contribution is -2.48. The van der Waals surface area contributed by atoms with Crippen LogP contribution in [0.3, 0.4) is 0 Å². The molecule has 0 aliphatic heterocycles. The summed E-state index contributed by atoms with van der Waals surface area (Å²) in [7, 11) is 0. The molecule has 3 unspecified atom stereocenters. The fourth-order valence-corrected chi connectivity index (χ4v) is 5.27. The average molecular weight is 545 g/mol. The molecule has 4 rings (SSSR count). The van der Waals surface area contributed by atoms with E-state index < -0.39 is 41.9 Å². The molecule has 0 fully saturated rings. The summed E-state index contributed by atoms with van der Waals surface area (Å²) in [6, 6.07) is 25.8. The summed E-state index contributed by atoms with van der Waals surface area (Å²) >= 11 is 0. The molecule has 1 aliphatic carbocycles. The molecule has 0 spiro atoms. The fourth-order valence-electron chi connectivity index (χ4n) is 5.27. The zero-order valence-electron chi connectivity index (χ0n) is 23.4. The molecule has 0 saturated heterocycles. The van der Waals surface area contributed by atoms with Crippen LogP contribution in [0.5, 0.6) is 0 Å². The Hall–Kier alpha value is -3.68. The lowest BCUT2D eigenvalue weighted by Gasteiger charge is -2.29. The quantitative estimate of drug-likeness (QED) is 0.301. The third kappa shape index (κ3) is 8.16. The van der Waals surface area contributed by atoms with Gasteiger partial charge < -0.3 is 25.6 Å². The smallest absolute Gasteiger partial charge is 0.407 e. The zero-order valence-corrected chi connectivity index (χ0v) is 23.4. The number of fused-ring (bicyclic) bond motifs is 1. The minimum Gasteiger partial charge on any atom is -0.444 e. The summed E-state index contributed by atoms with van der Waals surface area (Å²) in [5.41, 5.74) is 3.14. The second-order valence-corrected chi connectivity index (χ2v) is 11.6. The predicted octanol–water partition coefficient (Wildman–Crippen LogP) is 4.51. The van der Waals surface area contributed by atoms with Gasteiger partial charge in [-0.15, -0.1) is 0 Å². The number of alkyl carbamates (subject to hydrolysis) is 1. The van der Waals surface area contributed by atoms with Crippen LogP contribution in [0.15, 0.2) is 84.9 Å². The van der Waals surface area contributed by atoms with Crippen molar-refractivity contribution in [3.05, 3.63) is 107 Å². The van der Waals surface area contributed by atoms with Crippen LogP contribution in [0.2, 0.25) is 0 Å². The molecule has 2 amide bonds. The lowest BCUT2D eigenvalue weighted by atomic mass is 9.88. The first-order chi connectivity index (χ1) is 19.1. The number of rotatable bonds is 10. The van der Waals surface area contributed by atoms with Crippen molar-refractivity contribution in [3.8, 4) is 0 Å². The second kappa shape index (κ2) is 13.1. The molecule has 0 saturated carbocycles. The van der Waals surface area contributed by atoms with Crippen LogP contribution in [0.1, 0.15) is 55.5 Å². The maximum absolute atomic E-state index is 13.7. The first-order valence-electron chi connectivity index (χ1n) is 13.9. The zero-order chi connectivity index (χ0) is 28.7. The van der Waals surface area contributed by atoms with Crippen molar-refractivity contribution < 1.29 is 24.5 Å².